The average Bonchev–Trinajstić information content (AvgIpc) is 2.61. The first kappa shape index (κ1) is 9.45. The monoisotopic (exact) mass is 309 g/mol. The van der Waals surface area contributed by atoms with Crippen molar-refractivity contribution >= 4 is 40.0 Å². The van der Waals surface area contributed by atoms with Gasteiger partial charge < -0.3 is 4.90 Å². The lowest BCUT2D eigenvalue weighted by Gasteiger charge is -2.17. The molecule has 0 atom stereocenters. The summed E-state index contributed by atoms with van der Waals surface area (Å²) < 4.78 is 1.07. The number of nitrogens with zero attached hydrogens (tertiary/aromatic N) is 3. The molecule has 0 N–H and O–H groups in total. The summed E-state index contributed by atoms with van der Waals surface area (Å²) in [5.41, 5.74) is 0. The zero-order chi connectivity index (χ0) is 9.26. The van der Waals surface area contributed by atoms with Gasteiger partial charge in [-0.3, -0.25) is 0 Å². The van der Waals surface area contributed by atoms with E-state index < -0.39 is 0 Å². The van der Waals surface area contributed by atoms with Gasteiger partial charge in [0.2, 0.25) is 5.28 Å². The van der Waals surface area contributed by atoms with Crippen LogP contribution in [0, 0.1) is 3.57 Å². The van der Waals surface area contributed by atoms with E-state index in [1.165, 1.54) is 12.8 Å². The second-order valence-corrected chi connectivity index (χ2v) is 4.50. The van der Waals surface area contributed by atoms with Crippen LogP contribution in [-0.2, 0) is 0 Å². The summed E-state index contributed by atoms with van der Waals surface area (Å²) in [5.74, 6) is 0.984. The molecule has 0 spiro atoms. The average molecular weight is 310 g/mol. The van der Waals surface area contributed by atoms with E-state index in [1.54, 1.807) is 6.20 Å². The van der Waals surface area contributed by atoms with Crippen molar-refractivity contribution in [3.63, 3.8) is 0 Å². The lowest BCUT2D eigenvalue weighted by atomic mass is 10.4. The summed E-state index contributed by atoms with van der Waals surface area (Å²) in [6.45, 7) is 2.17. The van der Waals surface area contributed by atoms with Gasteiger partial charge in [-0.25, -0.2) is 4.98 Å². The maximum atomic E-state index is 5.74. The van der Waals surface area contributed by atoms with Gasteiger partial charge in [-0.15, -0.1) is 0 Å². The highest BCUT2D eigenvalue weighted by atomic mass is 127. The second kappa shape index (κ2) is 3.96. The Morgan fingerprint density at radius 1 is 1.38 bits per heavy atom. The van der Waals surface area contributed by atoms with Crippen molar-refractivity contribution in [2.75, 3.05) is 18.0 Å². The van der Waals surface area contributed by atoms with Crippen molar-refractivity contribution in [2.24, 2.45) is 0 Å². The minimum atomic E-state index is 0.335. The Kier molecular flexibility index (Phi) is 2.88. The summed E-state index contributed by atoms with van der Waals surface area (Å²) in [6, 6.07) is 0. The molecule has 1 aliphatic rings. The third kappa shape index (κ3) is 2.04. The zero-order valence-corrected chi connectivity index (χ0v) is 9.92. The first-order valence-corrected chi connectivity index (χ1v) is 5.66. The van der Waals surface area contributed by atoms with Gasteiger partial charge in [-0.2, -0.15) is 4.98 Å². The molecule has 0 saturated carbocycles. The number of rotatable bonds is 1. The highest BCUT2D eigenvalue weighted by molar-refractivity contribution is 14.1. The molecule has 1 aliphatic heterocycles. The van der Waals surface area contributed by atoms with Gasteiger partial charge in [0.1, 0.15) is 5.82 Å². The fraction of sp³-hybridized carbons (Fsp3) is 0.500. The van der Waals surface area contributed by atoms with Gasteiger partial charge in [-0.1, -0.05) is 0 Å². The van der Waals surface area contributed by atoms with E-state index in [0.717, 1.165) is 22.5 Å². The zero-order valence-electron chi connectivity index (χ0n) is 7.00. The minimum Gasteiger partial charge on any atom is -0.356 e. The topological polar surface area (TPSA) is 29.0 Å². The molecule has 0 aliphatic carbocycles. The molecule has 13 heavy (non-hydrogen) atoms. The maximum absolute atomic E-state index is 5.74. The van der Waals surface area contributed by atoms with E-state index >= 15 is 0 Å². The Morgan fingerprint density at radius 3 is 2.77 bits per heavy atom. The van der Waals surface area contributed by atoms with Gasteiger partial charge in [0.05, 0.1) is 3.57 Å². The largest absolute Gasteiger partial charge is 0.356 e. The predicted octanol–water partition coefficient (Wildman–Crippen LogP) is 2.33. The van der Waals surface area contributed by atoms with Crippen molar-refractivity contribution in [1.82, 2.24) is 9.97 Å². The van der Waals surface area contributed by atoms with Crippen LogP contribution >= 0.6 is 34.2 Å². The lowest BCUT2D eigenvalue weighted by molar-refractivity contribution is 0.920. The highest BCUT2D eigenvalue weighted by Gasteiger charge is 2.16. The number of aromatic nitrogens is 2. The van der Waals surface area contributed by atoms with E-state index in [0.29, 0.717) is 5.28 Å². The van der Waals surface area contributed by atoms with Crippen LogP contribution in [0.25, 0.3) is 0 Å². The van der Waals surface area contributed by atoms with Crippen molar-refractivity contribution in [3.05, 3.63) is 15.1 Å². The standard InChI is InChI=1S/C8H9ClIN3/c9-8-11-5-6(10)7(12-8)13-3-1-2-4-13/h5H,1-4H2. The number of halogens is 2. The summed E-state index contributed by atoms with van der Waals surface area (Å²) in [7, 11) is 0. The van der Waals surface area contributed by atoms with Crippen LogP contribution in [0.2, 0.25) is 5.28 Å². The molecule has 0 unspecified atom stereocenters. The van der Waals surface area contributed by atoms with Crippen LogP contribution in [0.4, 0.5) is 5.82 Å². The molecule has 2 rings (SSSR count). The van der Waals surface area contributed by atoms with E-state index in [1.807, 2.05) is 0 Å². The Labute approximate surface area is 95.6 Å². The summed E-state index contributed by atoms with van der Waals surface area (Å²) in [4.78, 5) is 10.4. The molecule has 0 bridgehead atoms. The van der Waals surface area contributed by atoms with Gasteiger partial charge in [0.25, 0.3) is 0 Å². The van der Waals surface area contributed by atoms with Gasteiger partial charge in [0.15, 0.2) is 0 Å². The van der Waals surface area contributed by atoms with Crippen LogP contribution in [0.3, 0.4) is 0 Å². The van der Waals surface area contributed by atoms with E-state index in [-0.39, 0.29) is 0 Å². The first-order valence-electron chi connectivity index (χ1n) is 4.20. The van der Waals surface area contributed by atoms with Gasteiger partial charge >= 0.3 is 0 Å². The minimum absolute atomic E-state index is 0.335. The highest BCUT2D eigenvalue weighted by Crippen LogP contribution is 2.23. The number of hydrogen-bond acceptors (Lipinski definition) is 3. The fourth-order valence-corrected chi connectivity index (χ4v) is 2.22. The SMILES string of the molecule is Clc1ncc(I)c(N2CCCC2)n1. The van der Waals surface area contributed by atoms with Crippen molar-refractivity contribution in [1.29, 1.82) is 0 Å². The molecule has 5 heteroatoms. The van der Waals surface area contributed by atoms with E-state index in [2.05, 4.69) is 37.5 Å². The molecule has 3 nitrogen and oxygen atoms in total. The van der Waals surface area contributed by atoms with Gasteiger partial charge in [0, 0.05) is 19.3 Å². The third-order valence-corrected chi connectivity index (χ3v) is 3.04. The predicted molar refractivity (Wildman–Crippen MR) is 61.2 cm³/mol. The molecule has 0 radical (unpaired) electrons. The summed E-state index contributed by atoms with van der Waals surface area (Å²) >= 11 is 7.98. The third-order valence-electron chi connectivity index (χ3n) is 2.10. The molecule has 1 aromatic rings. The Bertz CT molecular complexity index is 312. The molecule has 1 aromatic heterocycles. The molecule has 0 amide bonds. The van der Waals surface area contributed by atoms with E-state index in [4.69, 9.17) is 11.6 Å². The van der Waals surface area contributed by atoms with Crippen LogP contribution in [0.15, 0.2) is 6.20 Å². The van der Waals surface area contributed by atoms with Crippen LogP contribution < -0.4 is 4.90 Å². The Morgan fingerprint density at radius 2 is 2.08 bits per heavy atom. The van der Waals surface area contributed by atoms with E-state index in [9.17, 15) is 0 Å². The number of hydrogen-bond donors (Lipinski definition) is 0. The quantitative estimate of drug-likeness (QED) is 0.589. The Balaban J connectivity index is 2.32. The molecular formula is C8H9ClIN3. The van der Waals surface area contributed by atoms with Crippen molar-refractivity contribution < 1.29 is 0 Å². The second-order valence-electron chi connectivity index (χ2n) is 3.00. The molecule has 1 saturated heterocycles. The normalized spacial score (nSPS) is 16.6. The van der Waals surface area contributed by atoms with Crippen LogP contribution in [0.5, 0.6) is 0 Å². The molecule has 0 aromatic carbocycles. The molecule has 2 heterocycles. The van der Waals surface area contributed by atoms with Crippen LogP contribution in [-0.4, -0.2) is 23.1 Å². The molecule has 70 valence electrons. The fourth-order valence-electron chi connectivity index (χ4n) is 1.49. The summed E-state index contributed by atoms with van der Waals surface area (Å²) in [5, 5.41) is 0.335. The van der Waals surface area contributed by atoms with Crippen molar-refractivity contribution in [3.8, 4) is 0 Å². The van der Waals surface area contributed by atoms with Gasteiger partial charge in [-0.05, 0) is 47.0 Å². The van der Waals surface area contributed by atoms with Crippen LogP contribution in [0.1, 0.15) is 12.8 Å². The molecular weight excluding hydrogens is 300 g/mol. The van der Waals surface area contributed by atoms with Crippen molar-refractivity contribution in [2.45, 2.75) is 12.8 Å². The first-order chi connectivity index (χ1) is 6.27. The number of anilines is 1. The molecule has 1 fully saturated rings. The lowest BCUT2D eigenvalue weighted by Crippen LogP contribution is -2.20. The Hall–Kier alpha value is -0.100. The summed E-state index contributed by atoms with van der Waals surface area (Å²) in [6.07, 6.45) is 4.26. The maximum Gasteiger partial charge on any atom is 0.224 e. The smallest absolute Gasteiger partial charge is 0.224 e.